The van der Waals surface area contributed by atoms with E-state index in [0.717, 1.165) is 44.4 Å². The molecule has 5 rings (SSSR count). The van der Waals surface area contributed by atoms with Gasteiger partial charge in [0, 0.05) is 43.1 Å². The Kier molecular flexibility index (Phi) is 6.88. The minimum Gasteiger partial charge on any atom is -0.495 e. The third kappa shape index (κ3) is 5.39. The highest BCUT2D eigenvalue weighted by Gasteiger charge is 2.15. The number of ether oxygens (including phenoxy) is 2. The van der Waals surface area contributed by atoms with Crippen molar-refractivity contribution in [1.82, 2.24) is 24.5 Å². The number of methoxy groups -OCH3 is 2. The van der Waals surface area contributed by atoms with E-state index in [1.807, 2.05) is 60.8 Å². The molecule has 0 radical (unpaired) electrons. The van der Waals surface area contributed by atoms with Crippen molar-refractivity contribution in [3.05, 3.63) is 72.9 Å². The molecule has 0 spiro atoms. The number of nitrogens with one attached hydrogen (secondary N) is 1. The molecule has 0 amide bonds. The summed E-state index contributed by atoms with van der Waals surface area (Å²) in [7, 11) is 5.24. The number of aromatic nitrogens is 5. The van der Waals surface area contributed by atoms with Crippen LogP contribution in [0.5, 0.6) is 5.75 Å². The summed E-state index contributed by atoms with van der Waals surface area (Å²) in [6.07, 6.45) is 7.46. The topological polar surface area (TPSA) is 99.2 Å². The number of hydrogen-bond acceptors (Lipinski definition) is 7. The van der Waals surface area contributed by atoms with Crippen molar-refractivity contribution >= 4 is 22.3 Å². The highest BCUT2D eigenvalue weighted by atomic mass is 16.5. The number of hydrogen-bond donors (Lipinski definition) is 2. The van der Waals surface area contributed by atoms with Crippen LogP contribution in [0.15, 0.2) is 67.3 Å². The van der Waals surface area contributed by atoms with Crippen LogP contribution in [-0.2, 0) is 24.9 Å². The van der Waals surface area contributed by atoms with Crippen molar-refractivity contribution in [2.45, 2.75) is 32.6 Å². The smallest absolute Gasteiger partial charge is 0.142 e. The number of fused-ring (bicyclic) bond motifs is 1. The highest BCUT2D eigenvalue weighted by Crippen LogP contribution is 2.34. The molecule has 9 heteroatoms. The van der Waals surface area contributed by atoms with Crippen LogP contribution >= 0.6 is 0 Å². The van der Waals surface area contributed by atoms with Crippen LogP contribution in [0.2, 0.25) is 0 Å². The second kappa shape index (κ2) is 10.3. The van der Waals surface area contributed by atoms with E-state index in [0.29, 0.717) is 24.7 Å². The zero-order valence-electron chi connectivity index (χ0n) is 22.3. The molecule has 3 heterocycles. The lowest BCUT2D eigenvalue weighted by Crippen LogP contribution is -2.26. The molecular weight excluding hydrogens is 480 g/mol. The minimum absolute atomic E-state index is 0.424. The maximum absolute atomic E-state index is 10.1. The van der Waals surface area contributed by atoms with Crippen LogP contribution in [-0.4, -0.2) is 49.5 Å². The zero-order chi connectivity index (χ0) is 26.9. The molecule has 38 heavy (non-hydrogen) atoms. The van der Waals surface area contributed by atoms with E-state index < -0.39 is 5.60 Å². The summed E-state index contributed by atoms with van der Waals surface area (Å²) in [6.45, 7) is 4.43. The molecular formula is C29H32N6O3. The Morgan fingerprint density at radius 1 is 0.921 bits per heavy atom. The molecule has 0 fully saturated rings. The third-order valence-electron chi connectivity index (χ3n) is 6.36. The van der Waals surface area contributed by atoms with Crippen molar-refractivity contribution in [2.24, 2.45) is 7.05 Å². The predicted molar refractivity (Wildman–Crippen MR) is 148 cm³/mol. The predicted octanol–water partition coefficient (Wildman–Crippen LogP) is 5.17. The number of aryl methyl sites for hydroxylation is 1. The molecule has 0 unspecified atom stereocenters. The Morgan fingerprint density at radius 3 is 2.50 bits per heavy atom. The fourth-order valence-corrected chi connectivity index (χ4v) is 4.50. The van der Waals surface area contributed by atoms with Crippen LogP contribution in [0.25, 0.3) is 33.0 Å². The van der Waals surface area contributed by atoms with E-state index >= 15 is 0 Å². The van der Waals surface area contributed by atoms with Gasteiger partial charge in [0.25, 0.3) is 0 Å². The van der Waals surface area contributed by atoms with E-state index in [9.17, 15) is 5.11 Å². The number of anilines is 2. The molecule has 0 aliphatic heterocycles. The molecule has 2 aromatic carbocycles. The Labute approximate surface area is 221 Å². The van der Waals surface area contributed by atoms with Crippen molar-refractivity contribution in [3.8, 4) is 28.0 Å². The van der Waals surface area contributed by atoms with Gasteiger partial charge in [0.1, 0.15) is 11.6 Å². The maximum Gasteiger partial charge on any atom is 0.142 e. The van der Waals surface area contributed by atoms with Gasteiger partial charge in [-0.15, -0.1) is 0 Å². The van der Waals surface area contributed by atoms with Gasteiger partial charge in [-0.05, 0) is 54.6 Å². The normalized spacial score (nSPS) is 11.7. The fourth-order valence-electron chi connectivity index (χ4n) is 4.50. The zero-order valence-corrected chi connectivity index (χ0v) is 22.3. The van der Waals surface area contributed by atoms with Gasteiger partial charge >= 0.3 is 0 Å². The number of benzene rings is 2. The van der Waals surface area contributed by atoms with Gasteiger partial charge in [0.15, 0.2) is 0 Å². The Balaban J connectivity index is 1.41. The molecule has 196 valence electrons. The van der Waals surface area contributed by atoms with Gasteiger partial charge in [-0.1, -0.05) is 18.2 Å². The SMILES string of the molecule is COCc1c(-c2ccc(Nc3cc4cc(-c5cnn(CC(C)(C)O)c5)ccc4cn3)c(OC)c2)cnn1C. The molecule has 0 aliphatic rings. The summed E-state index contributed by atoms with van der Waals surface area (Å²) >= 11 is 0. The lowest BCUT2D eigenvalue weighted by atomic mass is 10.0. The lowest BCUT2D eigenvalue weighted by Gasteiger charge is -2.16. The van der Waals surface area contributed by atoms with Crippen LogP contribution in [0, 0.1) is 0 Å². The first-order valence-corrected chi connectivity index (χ1v) is 12.3. The third-order valence-corrected chi connectivity index (χ3v) is 6.36. The summed E-state index contributed by atoms with van der Waals surface area (Å²) in [5.74, 6) is 1.41. The van der Waals surface area contributed by atoms with Crippen LogP contribution in [0.1, 0.15) is 19.5 Å². The first-order chi connectivity index (χ1) is 18.2. The van der Waals surface area contributed by atoms with Gasteiger partial charge in [0.2, 0.25) is 0 Å². The van der Waals surface area contributed by atoms with Crippen molar-refractivity contribution in [2.75, 3.05) is 19.5 Å². The standard InChI is InChI=1S/C29H32N6O3/c1-29(2,36)18-35-16-23(14-32-35)19-6-7-21-13-30-28(12-22(21)10-19)33-25-9-8-20(11-27(25)38-5)24-15-31-34(3)26(24)17-37-4/h6-16,36H,17-18H2,1-5H3,(H,30,33). The molecule has 2 N–H and O–H groups in total. The van der Waals surface area contributed by atoms with Crippen molar-refractivity contribution < 1.29 is 14.6 Å². The Morgan fingerprint density at radius 2 is 1.74 bits per heavy atom. The van der Waals surface area contributed by atoms with E-state index in [1.165, 1.54) is 0 Å². The second-order valence-corrected chi connectivity index (χ2v) is 9.97. The Hall–Kier alpha value is -4.21. The van der Waals surface area contributed by atoms with E-state index in [4.69, 9.17) is 9.47 Å². The first-order valence-electron chi connectivity index (χ1n) is 12.3. The molecule has 0 aliphatic carbocycles. The lowest BCUT2D eigenvalue weighted by molar-refractivity contribution is 0.0577. The molecule has 0 saturated heterocycles. The van der Waals surface area contributed by atoms with Crippen LogP contribution in [0.3, 0.4) is 0 Å². The van der Waals surface area contributed by atoms with Gasteiger partial charge in [0.05, 0.1) is 49.6 Å². The summed E-state index contributed by atoms with van der Waals surface area (Å²) < 4.78 is 14.7. The van der Waals surface area contributed by atoms with E-state index in [2.05, 4.69) is 38.7 Å². The summed E-state index contributed by atoms with van der Waals surface area (Å²) in [4.78, 5) is 4.61. The van der Waals surface area contributed by atoms with E-state index in [-0.39, 0.29) is 0 Å². The fraction of sp³-hybridized carbons (Fsp3) is 0.276. The number of aliphatic hydroxyl groups is 1. The minimum atomic E-state index is -0.831. The number of rotatable bonds is 9. The first kappa shape index (κ1) is 25.4. The van der Waals surface area contributed by atoms with Gasteiger partial charge in [-0.3, -0.25) is 9.36 Å². The summed E-state index contributed by atoms with van der Waals surface area (Å²) in [5.41, 5.74) is 5.00. The molecule has 5 aromatic rings. The van der Waals surface area contributed by atoms with Crippen LogP contribution < -0.4 is 10.1 Å². The van der Waals surface area contributed by atoms with Crippen molar-refractivity contribution in [1.29, 1.82) is 0 Å². The van der Waals surface area contributed by atoms with Gasteiger partial charge < -0.3 is 19.9 Å². The van der Waals surface area contributed by atoms with Gasteiger partial charge in [-0.2, -0.15) is 10.2 Å². The number of nitrogens with zero attached hydrogens (tertiary/aromatic N) is 5. The highest BCUT2D eigenvalue weighted by molar-refractivity contribution is 5.89. The molecule has 0 bridgehead atoms. The molecule has 0 saturated carbocycles. The van der Waals surface area contributed by atoms with Gasteiger partial charge in [-0.25, -0.2) is 4.98 Å². The van der Waals surface area contributed by atoms with E-state index in [1.54, 1.807) is 32.7 Å². The maximum atomic E-state index is 10.1. The summed E-state index contributed by atoms with van der Waals surface area (Å²) in [6, 6.07) is 14.3. The van der Waals surface area contributed by atoms with Crippen LogP contribution in [0.4, 0.5) is 11.5 Å². The molecule has 3 aromatic heterocycles. The monoisotopic (exact) mass is 512 g/mol. The molecule has 0 atom stereocenters. The second-order valence-electron chi connectivity index (χ2n) is 9.97. The average molecular weight is 513 g/mol. The van der Waals surface area contributed by atoms with Crippen molar-refractivity contribution in [3.63, 3.8) is 0 Å². The quantitative estimate of drug-likeness (QED) is 0.281. The molecule has 9 nitrogen and oxygen atoms in total. The number of pyridine rings is 1. The Bertz CT molecular complexity index is 1580. The summed E-state index contributed by atoms with van der Waals surface area (Å²) in [5, 5.41) is 24.4. The average Bonchev–Trinajstić information content (AvgIpc) is 3.49. The largest absolute Gasteiger partial charge is 0.495 e.